The number of rotatable bonds is 10. The zero-order valence-corrected chi connectivity index (χ0v) is 22.4. The van der Waals surface area contributed by atoms with Crippen molar-refractivity contribution in [2.24, 2.45) is 0 Å². The van der Waals surface area contributed by atoms with Gasteiger partial charge in [-0.25, -0.2) is 9.59 Å². The predicted octanol–water partition coefficient (Wildman–Crippen LogP) is 3.22. The molecule has 2 aromatic heterocycles. The number of thioether (sulfide) groups is 2. The summed E-state index contributed by atoms with van der Waals surface area (Å²) < 4.78 is 11.5. The molecule has 0 saturated carbocycles. The third-order valence-corrected chi connectivity index (χ3v) is 7.73. The summed E-state index contributed by atoms with van der Waals surface area (Å²) in [7, 11) is 2.60. The third kappa shape index (κ3) is 6.87. The number of esters is 2. The van der Waals surface area contributed by atoms with Gasteiger partial charge in [0, 0.05) is 11.4 Å². The molecule has 0 saturated heterocycles. The van der Waals surface area contributed by atoms with Crippen LogP contribution < -0.4 is 10.6 Å². The van der Waals surface area contributed by atoms with Crippen LogP contribution in [0.3, 0.4) is 0 Å². The number of nitrogens with zero attached hydrogens (tertiary/aromatic N) is 4. The number of aromatic nitrogens is 4. The normalized spacial score (nSPS) is 10.7. The lowest BCUT2D eigenvalue weighted by molar-refractivity contribution is -0.114. The van der Waals surface area contributed by atoms with E-state index in [1.165, 1.54) is 53.6 Å². The van der Waals surface area contributed by atoms with Crippen molar-refractivity contribution in [3.63, 3.8) is 0 Å². The smallest absolute Gasteiger partial charge is 0.337 e. The molecule has 196 valence electrons. The largest absolute Gasteiger partial charge is 0.465 e. The molecular formula is C23H20N6O6S3. The van der Waals surface area contributed by atoms with Crippen molar-refractivity contribution in [3.05, 3.63) is 59.7 Å². The van der Waals surface area contributed by atoms with E-state index in [0.717, 1.165) is 0 Å². The zero-order valence-electron chi connectivity index (χ0n) is 20.0. The van der Waals surface area contributed by atoms with Crippen molar-refractivity contribution < 1.29 is 28.7 Å². The summed E-state index contributed by atoms with van der Waals surface area (Å²) in [5.41, 5.74) is 1.87. The number of carbonyl (C=O) groups excluding carboxylic acids is 4. The van der Waals surface area contributed by atoms with Gasteiger partial charge >= 0.3 is 11.9 Å². The minimum atomic E-state index is -0.456. The predicted molar refractivity (Wildman–Crippen MR) is 143 cm³/mol. The molecule has 12 nitrogen and oxygen atoms in total. The Morgan fingerprint density at radius 1 is 0.789 bits per heavy atom. The number of nitrogens with one attached hydrogen (secondary N) is 2. The fourth-order valence-electron chi connectivity index (χ4n) is 3.00. The Hall–Kier alpha value is -3.95. The summed E-state index contributed by atoms with van der Waals surface area (Å²) in [6, 6.07) is 12.7. The van der Waals surface area contributed by atoms with E-state index in [0.29, 0.717) is 37.0 Å². The SMILES string of the molecule is COC(=O)c1ccc(NC(=O)CSc2nn3c(SCC(=O)Nc4ccc(C(=O)OC)cc4)nnc3s2)cc1. The van der Waals surface area contributed by atoms with Crippen LogP contribution in [0.1, 0.15) is 20.7 Å². The summed E-state index contributed by atoms with van der Waals surface area (Å²) in [5, 5.41) is 18.5. The Labute approximate surface area is 228 Å². The average Bonchev–Trinajstić information content (AvgIpc) is 3.51. The van der Waals surface area contributed by atoms with Crippen molar-refractivity contribution in [2.75, 3.05) is 36.4 Å². The number of benzene rings is 2. The minimum absolute atomic E-state index is 0.0662. The molecule has 0 atom stereocenters. The van der Waals surface area contributed by atoms with Crippen LogP contribution >= 0.6 is 34.9 Å². The molecule has 2 aromatic carbocycles. The van der Waals surface area contributed by atoms with Gasteiger partial charge in [0.05, 0.1) is 36.9 Å². The third-order valence-electron chi connectivity index (χ3n) is 4.78. The van der Waals surface area contributed by atoms with Gasteiger partial charge in [-0.15, -0.1) is 15.3 Å². The zero-order chi connectivity index (χ0) is 27.1. The molecule has 4 aromatic rings. The number of carbonyl (C=O) groups is 4. The number of ether oxygens (including phenoxy) is 2. The quantitative estimate of drug-likeness (QED) is 0.213. The Balaban J connectivity index is 1.27. The van der Waals surface area contributed by atoms with Crippen LogP contribution in [0.2, 0.25) is 0 Å². The van der Waals surface area contributed by atoms with Crippen LogP contribution in [0.4, 0.5) is 11.4 Å². The van der Waals surface area contributed by atoms with Crippen molar-refractivity contribution >= 4 is 74.9 Å². The van der Waals surface area contributed by atoms with E-state index in [2.05, 4.69) is 35.4 Å². The first-order valence-electron chi connectivity index (χ1n) is 10.8. The van der Waals surface area contributed by atoms with Crippen molar-refractivity contribution in [2.45, 2.75) is 9.50 Å². The molecule has 0 radical (unpaired) electrons. The van der Waals surface area contributed by atoms with Crippen LogP contribution in [-0.4, -0.2) is 69.3 Å². The molecule has 15 heteroatoms. The van der Waals surface area contributed by atoms with E-state index < -0.39 is 11.9 Å². The van der Waals surface area contributed by atoms with E-state index in [1.807, 2.05) is 0 Å². The van der Waals surface area contributed by atoms with Crippen LogP contribution in [0.15, 0.2) is 58.0 Å². The first-order chi connectivity index (χ1) is 18.4. The second-order valence-corrected chi connectivity index (χ2v) is 10.5. The Bertz CT molecular complexity index is 1470. The highest BCUT2D eigenvalue weighted by Gasteiger charge is 2.16. The van der Waals surface area contributed by atoms with E-state index >= 15 is 0 Å². The number of methoxy groups -OCH3 is 2. The standard InChI is InChI=1S/C23H20N6O6S3/c1-34-19(32)13-3-7-15(8-4-13)24-17(30)11-36-21-26-27-22-29(21)28-23(38-22)37-12-18(31)25-16-9-5-14(6-10-16)20(33)35-2/h3-10H,11-12H2,1-2H3,(H,24,30)(H,25,31). The molecule has 2 N–H and O–H groups in total. The van der Waals surface area contributed by atoms with Gasteiger partial charge in [-0.2, -0.15) is 4.52 Å². The maximum absolute atomic E-state index is 12.3. The van der Waals surface area contributed by atoms with Gasteiger partial charge in [0.25, 0.3) is 0 Å². The van der Waals surface area contributed by atoms with Gasteiger partial charge in [0.2, 0.25) is 21.9 Å². The molecule has 0 aliphatic rings. The van der Waals surface area contributed by atoms with Gasteiger partial charge in [0.1, 0.15) is 0 Å². The second kappa shape index (κ2) is 12.5. The maximum atomic E-state index is 12.3. The summed E-state index contributed by atoms with van der Waals surface area (Å²) in [5.74, 6) is -1.23. The van der Waals surface area contributed by atoms with Crippen molar-refractivity contribution in [3.8, 4) is 0 Å². The summed E-state index contributed by atoms with van der Waals surface area (Å²) in [6.45, 7) is 0. The second-order valence-electron chi connectivity index (χ2n) is 7.36. The lowest BCUT2D eigenvalue weighted by Crippen LogP contribution is -2.14. The molecule has 4 rings (SSSR count). The highest BCUT2D eigenvalue weighted by molar-refractivity contribution is 8.01. The molecule has 0 aliphatic heterocycles. The Morgan fingerprint density at radius 3 is 1.79 bits per heavy atom. The monoisotopic (exact) mass is 572 g/mol. The minimum Gasteiger partial charge on any atom is -0.465 e. The van der Waals surface area contributed by atoms with Gasteiger partial charge in [-0.1, -0.05) is 34.9 Å². The topological polar surface area (TPSA) is 154 Å². The van der Waals surface area contributed by atoms with Crippen molar-refractivity contribution in [1.82, 2.24) is 19.8 Å². The number of amides is 2. The van der Waals surface area contributed by atoms with Gasteiger partial charge in [-0.3, -0.25) is 9.59 Å². The van der Waals surface area contributed by atoms with E-state index in [1.54, 1.807) is 48.5 Å². The average molecular weight is 573 g/mol. The molecule has 0 spiro atoms. The molecule has 0 bridgehead atoms. The van der Waals surface area contributed by atoms with Gasteiger partial charge < -0.3 is 20.1 Å². The van der Waals surface area contributed by atoms with E-state index in [-0.39, 0.29) is 23.3 Å². The Kier molecular flexibility index (Phi) is 8.93. The van der Waals surface area contributed by atoms with Crippen LogP contribution in [0, 0.1) is 0 Å². The van der Waals surface area contributed by atoms with Crippen LogP contribution in [0.25, 0.3) is 4.96 Å². The summed E-state index contributed by atoms with van der Waals surface area (Å²) in [6.07, 6.45) is 0. The highest BCUT2D eigenvalue weighted by atomic mass is 32.2. The molecule has 2 heterocycles. The molecule has 0 fully saturated rings. The maximum Gasteiger partial charge on any atom is 0.337 e. The lowest BCUT2D eigenvalue weighted by atomic mass is 10.2. The fourth-order valence-corrected chi connectivity index (χ4v) is 5.41. The highest BCUT2D eigenvalue weighted by Crippen LogP contribution is 2.27. The Morgan fingerprint density at radius 2 is 1.29 bits per heavy atom. The molecule has 0 aliphatic carbocycles. The van der Waals surface area contributed by atoms with Gasteiger partial charge in [-0.05, 0) is 48.5 Å². The first-order valence-corrected chi connectivity index (χ1v) is 13.6. The number of fused-ring (bicyclic) bond motifs is 1. The van der Waals surface area contributed by atoms with E-state index in [4.69, 9.17) is 0 Å². The fraction of sp³-hybridized carbons (Fsp3) is 0.174. The number of hydrogen-bond donors (Lipinski definition) is 2. The van der Waals surface area contributed by atoms with Crippen LogP contribution in [-0.2, 0) is 19.1 Å². The first kappa shape index (κ1) is 27.1. The molecule has 2 amide bonds. The van der Waals surface area contributed by atoms with E-state index in [9.17, 15) is 19.2 Å². The van der Waals surface area contributed by atoms with Crippen molar-refractivity contribution in [1.29, 1.82) is 0 Å². The molecule has 0 unspecified atom stereocenters. The summed E-state index contributed by atoms with van der Waals surface area (Å²) in [4.78, 5) is 48.2. The molecular weight excluding hydrogens is 552 g/mol. The molecule has 38 heavy (non-hydrogen) atoms. The lowest BCUT2D eigenvalue weighted by Gasteiger charge is -2.05. The number of anilines is 2. The van der Waals surface area contributed by atoms with Crippen LogP contribution in [0.5, 0.6) is 0 Å². The number of hydrogen-bond acceptors (Lipinski definition) is 12. The van der Waals surface area contributed by atoms with Gasteiger partial charge in [0.15, 0.2) is 4.34 Å². The summed E-state index contributed by atoms with van der Waals surface area (Å²) >= 11 is 3.68.